The number of furan rings is 1. The van der Waals surface area contributed by atoms with Gasteiger partial charge in [-0.05, 0) is 36.6 Å². The lowest BCUT2D eigenvalue weighted by Crippen LogP contribution is -2.47. The van der Waals surface area contributed by atoms with E-state index in [2.05, 4.69) is 0 Å². The van der Waals surface area contributed by atoms with Crippen molar-refractivity contribution in [1.82, 2.24) is 4.90 Å². The van der Waals surface area contributed by atoms with Crippen molar-refractivity contribution >= 4 is 5.91 Å². The molecule has 1 N–H and O–H groups in total. The maximum Gasteiger partial charge on any atom is 0.425 e. The molecular weight excluding hydrogens is 335 g/mol. The zero-order valence-corrected chi connectivity index (χ0v) is 13.6. The number of amides is 1. The fraction of sp³-hybridized carbons (Fsp3) is 0.389. The molecule has 1 aliphatic heterocycles. The number of hydrogen-bond acceptors (Lipinski definition) is 3. The van der Waals surface area contributed by atoms with E-state index in [0.29, 0.717) is 13.0 Å². The normalized spacial score (nSPS) is 17.1. The van der Waals surface area contributed by atoms with Gasteiger partial charge in [0.2, 0.25) is 11.5 Å². The third-order valence-corrected chi connectivity index (χ3v) is 4.51. The van der Waals surface area contributed by atoms with Crippen molar-refractivity contribution < 1.29 is 27.5 Å². The van der Waals surface area contributed by atoms with Crippen LogP contribution in [0.1, 0.15) is 29.1 Å². The van der Waals surface area contributed by atoms with Crippen LogP contribution in [0.15, 0.2) is 40.8 Å². The molecule has 0 aliphatic carbocycles. The van der Waals surface area contributed by atoms with Crippen LogP contribution in [0.3, 0.4) is 0 Å². The highest BCUT2D eigenvalue weighted by molar-refractivity contribution is 5.78. The number of rotatable bonds is 3. The number of aliphatic hydroxyl groups is 1. The molecule has 0 spiro atoms. The van der Waals surface area contributed by atoms with Gasteiger partial charge in [0.15, 0.2) is 0 Å². The molecule has 2 aromatic rings. The van der Waals surface area contributed by atoms with Crippen LogP contribution in [-0.2, 0) is 23.4 Å². The van der Waals surface area contributed by atoms with Crippen molar-refractivity contribution in [3.63, 3.8) is 0 Å². The Balaban J connectivity index is 1.82. The van der Waals surface area contributed by atoms with Crippen molar-refractivity contribution in [2.45, 2.75) is 38.1 Å². The minimum Gasteiger partial charge on any atom is -0.463 e. The van der Waals surface area contributed by atoms with E-state index in [1.54, 1.807) is 0 Å². The minimum atomic E-state index is -5.03. The van der Waals surface area contributed by atoms with Crippen LogP contribution >= 0.6 is 0 Å². The highest BCUT2D eigenvalue weighted by Crippen LogP contribution is 2.42. The second-order valence-electron chi connectivity index (χ2n) is 6.28. The first kappa shape index (κ1) is 17.5. The van der Waals surface area contributed by atoms with Gasteiger partial charge in [-0.15, -0.1) is 0 Å². The van der Waals surface area contributed by atoms with Crippen LogP contribution in [0.2, 0.25) is 0 Å². The number of aryl methyl sites for hydroxylation is 1. The van der Waals surface area contributed by atoms with E-state index >= 15 is 0 Å². The largest absolute Gasteiger partial charge is 0.463 e. The quantitative estimate of drug-likeness (QED) is 0.921. The predicted molar refractivity (Wildman–Crippen MR) is 83.6 cm³/mol. The van der Waals surface area contributed by atoms with E-state index in [0.717, 1.165) is 17.2 Å². The number of benzene rings is 1. The lowest BCUT2D eigenvalue weighted by molar-refractivity contribution is -0.274. The van der Waals surface area contributed by atoms with Gasteiger partial charge in [-0.2, -0.15) is 13.2 Å². The van der Waals surface area contributed by atoms with E-state index < -0.39 is 29.9 Å². The molecule has 1 aliphatic rings. The van der Waals surface area contributed by atoms with Gasteiger partial charge in [-0.3, -0.25) is 4.79 Å². The number of fused-ring (bicyclic) bond motifs is 1. The average molecular weight is 353 g/mol. The second kappa shape index (κ2) is 6.22. The summed E-state index contributed by atoms with van der Waals surface area (Å²) in [5, 5.41) is 10.3. The first-order valence-electron chi connectivity index (χ1n) is 7.91. The smallest absolute Gasteiger partial charge is 0.425 e. The number of carbonyl (C=O) groups excluding carboxylic acids is 1. The first-order chi connectivity index (χ1) is 11.7. The number of nitrogens with zero attached hydrogens (tertiary/aromatic N) is 1. The summed E-state index contributed by atoms with van der Waals surface area (Å²) in [5.41, 5.74) is -1.35. The fourth-order valence-electron chi connectivity index (χ4n) is 3.02. The molecule has 1 aromatic carbocycles. The van der Waals surface area contributed by atoms with E-state index in [4.69, 9.17) is 4.42 Å². The first-order valence-corrected chi connectivity index (χ1v) is 7.91. The maximum absolute atomic E-state index is 13.5. The summed E-state index contributed by atoms with van der Waals surface area (Å²) >= 11 is 0. The third kappa shape index (κ3) is 3.28. The molecule has 1 aromatic heterocycles. The van der Waals surface area contributed by atoms with Gasteiger partial charge in [-0.25, -0.2) is 0 Å². The molecule has 0 saturated heterocycles. The van der Waals surface area contributed by atoms with Gasteiger partial charge in [-0.1, -0.05) is 24.3 Å². The molecule has 3 rings (SSSR count). The van der Waals surface area contributed by atoms with Gasteiger partial charge in [0, 0.05) is 13.1 Å². The SMILES string of the molecule is Cc1ccc(C(O)(CC(=O)N2CCc3ccccc3C2)C(F)(F)F)o1. The molecule has 0 bridgehead atoms. The monoisotopic (exact) mass is 353 g/mol. The van der Waals surface area contributed by atoms with Crippen molar-refractivity contribution in [3.8, 4) is 0 Å². The predicted octanol–water partition coefficient (Wildman–Crippen LogP) is 3.31. The lowest BCUT2D eigenvalue weighted by atomic mass is 9.93. The van der Waals surface area contributed by atoms with E-state index in [-0.39, 0.29) is 12.3 Å². The number of carbonyl (C=O) groups is 1. The van der Waals surface area contributed by atoms with E-state index in [1.165, 1.54) is 17.9 Å². The summed E-state index contributed by atoms with van der Waals surface area (Å²) in [6.45, 7) is 2.03. The molecule has 134 valence electrons. The van der Waals surface area contributed by atoms with Crippen LogP contribution in [0.25, 0.3) is 0 Å². The summed E-state index contributed by atoms with van der Waals surface area (Å²) in [4.78, 5) is 13.8. The Hall–Kier alpha value is -2.28. The Morgan fingerprint density at radius 3 is 2.48 bits per heavy atom. The summed E-state index contributed by atoms with van der Waals surface area (Å²) in [5.74, 6) is -1.19. The molecule has 1 unspecified atom stereocenters. The van der Waals surface area contributed by atoms with Crippen molar-refractivity contribution in [2.75, 3.05) is 6.54 Å². The standard InChI is InChI=1S/C18H18F3NO3/c1-12-6-7-15(25-12)17(24,18(19,20)21)10-16(23)22-9-8-13-4-2-3-5-14(13)11-22/h2-7,24H,8-11H2,1H3. The van der Waals surface area contributed by atoms with Crippen LogP contribution in [0.5, 0.6) is 0 Å². The van der Waals surface area contributed by atoms with Crippen molar-refractivity contribution in [3.05, 3.63) is 59.0 Å². The van der Waals surface area contributed by atoms with Gasteiger partial charge in [0.25, 0.3) is 0 Å². The molecule has 4 nitrogen and oxygen atoms in total. The molecular formula is C18H18F3NO3. The third-order valence-electron chi connectivity index (χ3n) is 4.51. The highest BCUT2D eigenvalue weighted by atomic mass is 19.4. The number of alkyl halides is 3. The van der Waals surface area contributed by atoms with E-state index in [1.807, 2.05) is 24.3 Å². The molecule has 1 amide bonds. The fourth-order valence-corrected chi connectivity index (χ4v) is 3.02. The molecule has 0 radical (unpaired) electrons. The molecule has 2 heterocycles. The summed E-state index contributed by atoms with van der Waals surface area (Å²) in [6, 6.07) is 9.88. The minimum absolute atomic E-state index is 0.233. The molecule has 1 atom stereocenters. The zero-order chi connectivity index (χ0) is 18.2. The van der Waals surface area contributed by atoms with Gasteiger partial charge in [0.05, 0.1) is 6.42 Å². The van der Waals surface area contributed by atoms with Crippen LogP contribution in [-0.4, -0.2) is 28.6 Å². The van der Waals surface area contributed by atoms with Crippen LogP contribution in [0.4, 0.5) is 13.2 Å². The van der Waals surface area contributed by atoms with Crippen molar-refractivity contribution in [1.29, 1.82) is 0 Å². The van der Waals surface area contributed by atoms with Gasteiger partial charge < -0.3 is 14.4 Å². The Bertz CT molecular complexity index is 784. The molecule has 7 heteroatoms. The summed E-state index contributed by atoms with van der Waals surface area (Å²) < 4.78 is 45.4. The Kier molecular flexibility index (Phi) is 4.36. The van der Waals surface area contributed by atoms with Crippen LogP contribution < -0.4 is 0 Å². The summed E-state index contributed by atoms with van der Waals surface area (Å²) in [7, 11) is 0. The second-order valence-corrected chi connectivity index (χ2v) is 6.28. The molecule has 0 fully saturated rings. The summed E-state index contributed by atoms with van der Waals surface area (Å²) in [6.07, 6.45) is -5.56. The Morgan fingerprint density at radius 2 is 1.88 bits per heavy atom. The zero-order valence-electron chi connectivity index (χ0n) is 13.6. The highest BCUT2D eigenvalue weighted by Gasteiger charge is 2.58. The lowest BCUT2D eigenvalue weighted by Gasteiger charge is -2.33. The van der Waals surface area contributed by atoms with Crippen LogP contribution in [0, 0.1) is 6.92 Å². The number of hydrogen-bond donors (Lipinski definition) is 1. The average Bonchev–Trinajstić information content (AvgIpc) is 3.00. The van der Waals surface area contributed by atoms with Crippen molar-refractivity contribution in [2.24, 2.45) is 0 Å². The maximum atomic E-state index is 13.5. The molecule has 0 saturated carbocycles. The Labute approximate surface area is 142 Å². The van der Waals surface area contributed by atoms with E-state index in [9.17, 15) is 23.1 Å². The molecule has 25 heavy (non-hydrogen) atoms. The van der Waals surface area contributed by atoms with Gasteiger partial charge >= 0.3 is 6.18 Å². The van der Waals surface area contributed by atoms with Gasteiger partial charge in [0.1, 0.15) is 11.5 Å². The Morgan fingerprint density at radius 1 is 1.20 bits per heavy atom. The number of halogens is 3. The topological polar surface area (TPSA) is 53.7 Å².